The zero-order valence-corrected chi connectivity index (χ0v) is 12.3. The van der Waals surface area contributed by atoms with Gasteiger partial charge in [0.05, 0.1) is 0 Å². The van der Waals surface area contributed by atoms with Gasteiger partial charge in [-0.25, -0.2) is 0 Å². The van der Waals surface area contributed by atoms with E-state index >= 15 is 0 Å². The van der Waals surface area contributed by atoms with Gasteiger partial charge >= 0.3 is 0 Å². The van der Waals surface area contributed by atoms with E-state index in [4.69, 9.17) is 0 Å². The van der Waals surface area contributed by atoms with Gasteiger partial charge in [-0.15, -0.1) is 0 Å². The molecule has 0 aromatic heterocycles. The molecule has 1 unspecified atom stereocenters. The molecule has 0 amide bonds. The summed E-state index contributed by atoms with van der Waals surface area (Å²) >= 11 is 0. The predicted octanol–water partition coefficient (Wildman–Crippen LogP) is 3.28. The third kappa shape index (κ3) is 4.89. The van der Waals surface area contributed by atoms with Crippen LogP contribution in [0.15, 0.2) is 0 Å². The highest BCUT2D eigenvalue weighted by Gasteiger charge is 2.18. The van der Waals surface area contributed by atoms with E-state index in [1.807, 2.05) is 0 Å². The van der Waals surface area contributed by atoms with Gasteiger partial charge in [0, 0.05) is 19.6 Å². The van der Waals surface area contributed by atoms with Crippen LogP contribution in [-0.2, 0) is 0 Å². The van der Waals surface area contributed by atoms with Crippen molar-refractivity contribution in [3.8, 4) is 0 Å². The van der Waals surface area contributed by atoms with Crippen molar-refractivity contribution in [2.45, 2.75) is 58.3 Å². The first-order valence-electron chi connectivity index (χ1n) is 8.31. The van der Waals surface area contributed by atoms with Crippen LogP contribution in [-0.4, -0.2) is 37.6 Å². The third-order valence-electron chi connectivity index (χ3n) is 4.94. The Morgan fingerprint density at radius 2 is 1.78 bits per heavy atom. The number of hydrogen-bond acceptors (Lipinski definition) is 2. The summed E-state index contributed by atoms with van der Waals surface area (Å²) < 4.78 is 0. The van der Waals surface area contributed by atoms with E-state index < -0.39 is 0 Å². The Bertz CT molecular complexity index is 211. The van der Waals surface area contributed by atoms with Crippen molar-refractivity contribution in [1.29, 1.82) is 0 Å². The quantitative estimate of drug-likeness (QED) is 0.730. The monoisotopic (exact) mass is 252 g/mol. The van der Waals surface area contributed by atoms with E-state index in [9.17, 15) is 0 Å². The smallest absolute Gasteiger partial charge is 0.0107 e. The summed E-state index contributed by atoms with van der Waals surface area (Å²) in [6.07, 6.45) is 11.6. The highest BCUT2D eigenvalue weighted by molar-refractivity contribution is 4.73. The van der Waals surface area contributed by atoms with E-state index in [1.165, 1.54) is 84.1 Å². The first-order chi connectivity index (χ1) is 8.88. The lowest BCUT2D eigenvalue weighted by Crippen LogP contribution is -2.40. The molecule has 2 rings (SSSR count). The largest absolute Gasteiger partial charge is 0.315 e. The molecule has 1 aliphatic heterocycles. The maximum atomic E-state index is 3.69. The Morgan fingerprint density at radius 3 is 2.56 bits per heavy atom. The average Bonchev–Trinajstić information content (AvgIpc) is 2.45. The fraction of sp³-hybridized carbons (Fsp3) is 1.00. The first kappa shape index (κ1) is 14.3. The van der Waals surface area contributed by atoms with Gasteiger partial charge in [0.1, 0.15) is 0 Å². The van der Waals surface area contributed by atoms with E-state index in [2.05, 4.69) is 17.1 Å². The second-order valence-electron chi connectivity index (χ2n) is 6.43. The number of nitrogens with one attached hydrogen (secondary N) is 1. The summed E-state index contributed by atoms with van der Waals surface area (Å²) in [6, 6.07) is 0. The molecular formula is C16H32N2. The van der Waals surface area contributed by atoms with Crippen molar-refractivity contribution in [2.75, 3.05) is 32.7 Å². The molecule has 2 heteroatoms. The molecule has 1 atom stereocenters. The summed E-state index contributed by atoms with van der Waals surface area (Å²) in [5, 5.41) is 3.69. The van der Waals surface area contributed by atoms with Crippen LogP contribution in [0.4, 0.5) is 0 Å². The predicted molar refractivity (Wildman–Crippen MR) is 78.9 cm³/mol. The van der Waals surface area contributed by atoms with Crippen LogP contribution in [0.3, 0.4) is 0 Å². The normalized spacial score (nSPS) is 27.5. The van der Waals surface area contributed by atoms with Crippen LogP contribution >= 0.6 is 0 Å². The highest BCUT2D eigenvalue weighted by Crippen LogP contribution is 2.22. The lowest BCUT2D eigenvalue weighted by Gasteiger charge is -2.32. The molecule has 1 saturated heterocycles. The standard InChI is InChI=1S/C16H32N2/c1-2-15-9-6-11-18(14-15)12-10-17-13-16-7-4-3-5-8-16/h15-17H,2-14H2,1H3. The molecule has 1 saturated carbocycles. The third-order valence-corrected chi connectivity index (χ3v) is 4.94. The molecule has 0 aromatic carbocycles. The number of rotatable bonds is 6. The molecule has 0 spiro atoms. The zero-order valence-electron chi connectivity index (χ0n) is 12.3. The number of piperidine rings is 1. The van der Waals surface area contributed by atoms with E-state index in [1.54, 1.807) is 0 Å². The molecule has 2 aliphatic rings. The summed E-state index contributed by atoms with van der Waals surface area (Å²) in [4.78, 5) is 2.67. The fourth-order valence-electron chi connectivity index (χ4n) is 3.62. The Balaban J connectivity index is 1.52. The maximum absolute atomic E-state index is 3.69. The molecule has 2 nitrogen and oxygen atoms in total. The first-order valence-corrected chi connectivity index (χ1v) is 8.31. The second kappa shape index (κ2) is 8.16. The van der Waals surface area contributed by atoms with Gasteiger partial charge in [0.15, 0.2) is 0 Å². The fourth-order valence-corrected chi connectivity index (χ4v) is 3.62. The molecule has 0 bridgehead atoms. The zero-order chi connectivity index (χ0) is 12.6. The minimum Gasteiger partial charge on any atom is -0.315 e. The summed E-state index contributed by atoms with van der Waals surface area (Å²) in [6.45, 7) is 8.76. The van der Waals surface area contributed by atoms with Crippen molar-refractivity contribution < 1.29 is 0 Å². The Labute approximate surface area is 114 Å². The van der Waals surface area contributed by atoms with Crippen LogP contribution in [0.5, 0.6) is 0 Å². The topological polar surface area (TPSA) is 15.3 Å². The van der Waals surface area contributed by atoms with E-state index in [-0.39, 0.29) is 0 Å². The number of likely N-dealkylation sites (tertiary alicyclic amines) is 1. The van der Waals surface area contributed by atoms with Gasteiger partial charge in [-0.3, -0.25) is 0 Å². The molecule has 106 valence electrons. The molecule has 0 radical (unpaired) electrons. The number of nitrogens with zero attached hydrogens (tertiary/aromatic N) is 1. The van der Waals surface area contributed by atoms with Crippen molar-refractivity contribution in [2.24, 2.45) is 11.8 Å². The maximum Gasteiger partial charge on any atom is 0.0107 e. The average molecular weight is 252 g/mol. The van der Waals surface area contributed by atoms with Gasteiger partial charge in [-0.1, -0.05) is 32.6 Å². The minimum atomic E-state index is 0.970. The van der Waals surface area contributed by atoms with E-state index in [0.717, 1.165) is 11.8 Å². The SMILES string of the molecule is CCC1CCCN(CCNCC2CCCCC2)C1. The minimum absolute atomic E-state index is 0.970. The molecule has 2 fully saturated rings. The van der Waals surface area contributed by atoms with Crippen LogP contribution in [0, 0.1) is 11.8 Å². The van der Waals surface area contributed by atoms with Crippen LogP contribution < -0.4 is 5.32 Å². The van der Waals surface area contributed by atoms with Crippen LogP contribution in [0.2, 0.25) is 0 Å². The van der Waals surface area contributed by atoms with Gasteiger partial charge < -0.3 is 10.2 Å². The second-order valence-corrected chi connectivity index (χ2v) is 6.43. The van der Waals surface area contributed by atoms with Crippen LogP contribution in [0.25, 0.3) is 0 Å². The summed E-state index contributed by atoms with van der Waals surface area (Å²) in [7, 11) is 0. The van der Waals surface area contributed by atoms with E-state index in [0.29, 0.717) is 0 Å². The van der Waals surface area contributed by atoms with Gasteiger partial charge in [-0.2, -0.15) is 0 Å². The van der Waals surface area contributed by atoms with Gasteiger partial charge in [0.2, 0.25) is 0 Å². The van der Waals surface area contributed by atoms with Gasteiger partial charge in [-0.05, 0) is 50.6 Å². The van der Waals surface area contributed by atoms with Crippen molar-refractivity contribution in [3.05, 3.63) is 0 Å². The lowest BCUT2D eigenvalue weighted by molar-refractivity contribution is 0.171. The summed E-state index contributed by atoms with van der Waals surface area (Å²) in [5.41, 5.74) is 0. The summed E-state index contributed by atoms with van der Waals surface area (Å²) in [5.74, 6) is 1.94. The molecule has 18 heavy (non-hydrogen) atoms. The Hall–Kier alpha value is -0.0800. The van der Waals surface area contributed by atoms with Crippen LogP contribution in [0.1, 0.15) is 58.3 Å². The van der Waals surface area contributed by atoms with Gasteiger partial charge in [0.25, 0.3) is 0 Å². The highest BCUT2D eigenvalue weighted by atomic mass is 15.1. The molecule has 1 N–H and O–H groups in total. The molecule has 1 heterocycles. The number of hydrogen-bond donors (Lipinski definition) is 1. The van der Waals surface area contributed by atoms with Crippen molar-refractivity contribution in [3.63, 3.8) is 0 Å². The molecular weight excluding hydrogens is 220 g/mol. The van der Waals surface area contributed by atoms with Crippen molar-refractivity contribution in [1.82, 2.24) is 10.2 Å². The molecule has 1 aliphatic carbocycles. The molecule has 0 aromatic rings. The Morgan fingerprint density at radius 1 is 1.00 bits per heavy atom. The Kier molecular flexibility index (Phi) is 6.50. The lowest BCUT2D eigenvalue weighted by atomic mass is 9.89. The van der Waals surface area contributed by atoms with Crippen molar-refractivity contribution >= 4 is 0 Å².